The Kier molecular flexibility index (Phi) is 6.08. The minimum absolute atomic E-state index is 0.180. The van der Waals surface area contributed by atoms with Crippen molar-refractivity contribution in [2.24, 2.45) is 12.0 Å². The molecule has 0 fully saturated rings. The van der Waals surface area contributed by atoms with Crippen LogP contribution in [0, 0.1) is 6.92 Å². The van der Waals surface area contributed by atoms with Crippen LogP contribution in [0.25, 0.3) is 16.9 Å². The molecule has 172 valence electrons. The summed E-state index contributed by atoms with van der Waals surface area (Å²) >= 11 is 13.9. The highest BCUT2D eigenvalue weighted by molar-refractivity contribution is 7.07. The van der Waals surface area contributed by atoms with Crippen molar-refractivity contribution >= 4 is 40.2 Å². The Morgan fingerprint density at radius 3 is 2.53 bits per heavy atom. The van der Waals surface area contributed by atoms with Gasteiger partial charge in [-0.15, -0.1) is 11.3 Å². The lowest BCUT2D eigenvalue weighted by Crippen LogP contribution is -2.20. The normalized spacial score (nSPS) is 11.9. The molecule has 0 amide bonds. The molecular formula is C25H20Cl2N4O2S. The molecule has 5 rings (SSSR count). The van der Waals surface area contributed by atoms with Crippen molar-refractivity contribution in [2.45, 2.75) is 13.5 Å². The Morgan fingerprint density at radius 2 is 1.82 bits per heavy atom. The second-order valence-electron chi connectivity index (χ2n) is 7.72. The number of furan rings is 1. The molecule has 0 N–H and O–H groups in total. The molecule has 6 nitrogen and oxygen atoms in total. The van der Waals surface area contributed by atoms with Gasteiger partial charge in [0, 0.05) is 18.0 Å². The molecule has 0 saturated carbocycles. The molecule has 34 heavy (non-hydrogen) atoms. The van der Waals surface area contributed by atoms with Gasteiger partial charge in [0.2, 0.25) is 0 Å². The van der Waals surface area contributed by atoms with Gasteiger partial charge in [-0.1, -0.05) is 47.5 Å². The minimum Gasteiger partial charge on any atom is -0.467 e. The topological polar surface area (TPSA) is 57.4 Å². The second-order valence-corrected chi connectivity index (χ2v) is 9.37. The number of para-hydroxylation sites is 1. The molecule has 0 radical (unpaired) electrons. The Labute approximate surface area is 209 Å². The Bertz CT molecular complexity index is 1590. The van der Waals surface area contributed by atoms with E-state index in [1.165, 1.54) is 11.3 Å². The van der Waals surface area contributed by atoms with Gasteiger partial charge in [-0.05, 0) is 43.3 Å². The fraction of sp³-hybridized carbons (Fsp3) is 0.120. The highest BCUT2D eigenvalue weighted by Crippen LogP contribution is 2.29. The standard InChI is InChI=1S/C25H20Cl2N4O2S/c1-16-23(24(32)31(29(16)2)18-7-4-3-5-8-18)28-25-30(14-19-9-6-12-33-19)22(15-34-25)17-10-11-20(26)21(27)13-17/h3-13,15H,14H2,1-2H3. The fourth-order valence-corrected chi connectivity index (χ4v) is 5.01. The van der Waals surface area contributed by atoms with E-state index in [1.54, 1.807) is 17.0 Å². The van der Waals surface area contributed by atoms with Gasteiger partial charge >= 0.3 is 0 Å². The van der Waals surface area contributed by atoms with Crippen molar-refractivity contribution in [3.05, 3.63) is 109 Å². The summed E-state index contributed by atoms with van der Waals surface area (Å²) in [5.41, 5.74) is 3.55. The lowest BCUT2D eigenvalue weighted by Gasteiger charge is -2.08. The van der Waals surface area contributed by atoms with Crippen LogP contribution in [-0.2, 0) is 13.6 Å². The van der Waals surface area contributed by atoms with Crippen molar-refractivity contribution < 1.29 is 4.42 Å². The van der Waals surface area contributed by atoms with Crippen LogP contribution in [0.4, 0.5) is 5.69 Å². The first kappa shape index (κ1) is 22.5. The van der Waals surface area contributed by atoms with Crippen LogP contribution >= 0.6 is 34.5 Å². The van der Waals surface area contributed by atoms with E-state index in [0.29, 0.717) is 27.1 Å². The molecule has 2 aromatic carbocycles. The average Bonchev–Trinajstić information content (AvgIpc) is 3.54. The quantitative estimate of drug-likeness (QED) is 0.282. The zero-order chi connectivity index (χ0) is 23.8. The van der Waals surface area contributed by atoms with Gasteiger partial charge in [0.15, 0.2) is 10.5 Å². The molecule has 5 aromatic rings. The molecular weight excluding hydrogens is 491 g/mol. The highest BCUT2D eigenvalue weighted by atomic mass is 35.5. The molecule has 0 atom stereocenters. The molecule has 0 bridgehead atoms. The summed E-state index contributed by atoms with van der Waals surface area (Å²) in [6, 6.07) is 18.8. The SMILES string of the molecule is Cc1c(N=c2scc(-c3ccc(Cl)c(Cl)c3)n2Cc2ccco2)c(=O)n(-c2ccccc2)n1C. The van der Waals surface area contributed by atoms with Crippen molar-refractivity contribution in [2.75, 3.05) is 0 Å². The van der Waals surface area contributed by atoms with Gasteiger partial charge in [-0.2, -0.15) is 0 Å². The van der Waals surface area contributed by atoms with Gasteiger partial charge in [0.05, 0.1) is 39.9 Å². The van der Waals surface area contributed by atoms with Crippen LogP contribution in [0.2, 0.25) is 10.0 Å². The number of halogens is 2. The number of nitrogens with zero attached hydrogens (tertiary/aromatic N) is 4. The molecule has 0 spiro atoms. The third kappa shape index (κ3) is 4.07. The number of hydrogen-bond donors (Lipinski definition) is 0. The Hall–Kier alpha value is -3.26. The van der Waals surface area contributed by atoms with E-state index < -0.39 is 0 Å². The van der Waals surface area contributed by atoms with Crippen LogP contribution in [0.1, 0.15) is 11.5 Å². The van der Waals surface area contributed by atoms with Gasteiger partial charge in [0.25, 0.3) is 5.56 Å². The van der Waals surface area contributed by atoms with Crippen LogP contribution in [-0.4, -0.2) is 13.9 Å². The largest absolute Gasteiger partial charge is 0.467 e. The van der Waals surface area contributed by atoms with Crippen LogP contribution in [0.3, 0.4) is 0 Å². The number of rotatable bonds is 5. The summed E-state index contributed by atoms with van der Waals surface area (Å²) in [4.78, 5) is 18.9. The lowest BCUT2D eigenvalue weighted by atomic mass is 10.1. The van der Waals surface area contributed by atoms with E-state index in [1.807, 2.05) is 83.2 Å². The van der Waals surface area contributed by atoms with E-state index in [0.717, 1.165) is 28.4 Å². The van der Waals surface area contributed by atoms with E-state index in [-0.39, 0.29) is 5.56 Å². The maximum atomic E-state index is 13.4. The zero-order valence-corrected chi connectivity index (χ0v) is 20.7. The van der Waals surface area contributed by atoms with Gasteiger partial charge in [-0.3, -0.25) is 9.48 Å². The maximum Gasteiger partial charge on any atom is 0.297 e. The highest BCUT2D eigenvalue weighted by Gasteiger charge is 2.17. The van der Waals surface area contributed by atoms with Gasteiger partial charge in [-0.25, -0.2) is 9.67 Å². The molecule has 9 heteroatoms. The van der Waals surface area contributed by atoms with Gasteiger partial charge in [0.1, 0.15) is 5.76 Å². The van der Waals surface area contributed by atoms with Crippen LogP contribution in [0.15, 0.2) is 86.5 Å². The van der Waals surface area contributed by atoms with Gasteiger partial charge < -0.3 is 8.98 Å². The second kappa shape index (κ2) is 9.18. The van der Waals surface area contributed by atoms with Crippen LogP contribution < -0.4 is 10.4 Å². The summed E-state index contributed by atoms with van der Waals surface area (Å²) < 4.78 is 11.1. The van der Waals surface area contributed by atoms with E-state index in [9.17, 15) is 4.79 Å². The summed E-state index contributed by atoms with van der Waals surface area (Å²) in [5, 5.41) is 2.96. The van der Waals surface area contributed by atoms with E-state index in [4.69, 9.17) is 32.6 Å². The van der Waals surface area contributed by atoms with Crippen molar-refractivity contribution in [1.82, 2.24) is 13.9 Å². The number of hydrogen-bond acceptors (Lipinski definition) is 4. The predicted molar refractivity (Wildman–Crippen MR) is 137 cm³/mol. The van der Waals surface area contributed by atoms with Crippen molar-refractivity contribution in [1.29, 1.82) is 0 Å². The van der Waals surface area contributed by atoms with Crippen molar-refractivity contribution in [3.8, 4) is 16.9 Å². The minimum atomic E-state index is -0.180. The molecule has 3 aromatic heterocycles. The third-order valence-corrected chi connectivity index (χ3v) is 7.24. The van der Waals surface area contributed by atoms with E-state index in [2.05, 4.69) is 0 Å². The zero-order valence-electron chi connectivity index (χ0n) is 18.4. The summed E-state index contributed by atoms with van der Waals surface area (Å²) in [6.45, 7) is 2.34. The smallest absolute Gasteiger partial charge is 0.297 e. The Morgan fingerprint density at radius 1 is 1.03 bits per heavy atom. The van der Waals surface area contributed by atoms with Crippen molar-refractivity contribution in [3.63, 3.8) is 0 Å². The number of benzene rings is 2. The lowest BCUT2D eigenvalue weighted by molar-refractivity contribution is 0.492. The average molecular weight is 511 g/mol. The molecule has 0 saturated heterocycles. The maximum absolute atomic E-state index is 13.4. The van der Waals surface area contributed by atoms with Crippen LogP contribution in [0.5, 0.6) is 0 Å². The molecule has 3 heterocycles. The summed E-state index contributed by atoms with van der Waals surface area (Å²) in [7, 11) is 1.86. The summed E-state index contributed by atoms with van der Waals surface area (Å²) in [5.74, 6) is 0.771. The first-order valence-electron chi connectivity index (χ1n) is 10.5. The molecule has 0 aliphatic rings. The monoisotopic (exact) mass is 510 g/mol. The number of aromatic nitrogens is 3. The number of thiazole rings is 1. The Balaban J connectivity index is 1.70. The summed E-state index contributed by atoms with van der Waals surface area (Å²) in [6.07, 6.45) is 1.64. The molecule has 0 unspecified atom stereocenters. The van der Waals surface area contributed by atoms with E-state index >= 15 is 0 Å². The first-order valence-corrected chi connectivity index (χ1v) is 12.1. The first-order chi connectivity index (χ1) is 16.4. The molecule has 0 aliphatic carbocycles. The predicted octanol–water partition coefficient (Wildman–Crippen LogP) is 6.19. The molecule has 0 aliphatic heterocycles. The fourth-order valence-electron chi connectivity index (χ4n) is 3.79. The third-order valence-electron chi connectivity index (χ3n) is 5.64.